The van der Waals surface area contributed by atoms with Gasteiger partial charge in [0.05, 0.1) is 23.1 Å². The lowest BCUT2D eigenvalue weighted by molar-refractivity contribution is -0.118. The highest BCUT2D eigenvalue weighted by Gasteiger charge is 2.22. The minimum atomic E-state index is -0.405. The van der Waals surface area contributed by atoms with Crippen molar-refractivity contribution in [3.63, 3.8) is 0 Å². The molecule has 0 radical (unpaired) electrons. The van der Waals surface area contributed by atoms with Crippen LogP contribution in [0.5, 0.6) is 5.75 Å². The van der Waals surface area contributed by atoms with Crippen LogP contribution in [0.25, 0.3) is 10.2 Å². The number of aromatic nitrogens is 2. The number of carbonyl (C=O) groups is 2. The van der Waals surface area contributed by atoms with Gasteiger partial charge in [-0.15, -0.1) is 11.3 Å². The highest BCUT2D eigenvalue weighted by molar-refractivity contribution is 7.20. The third-order valence-corrected chi connectivity index (χ3v) is 6.00. The van der Waals surface area contributed by atoms with Crippen LogP contribution in [0.15, 0.2) is 29.1 Å². The molecule has 0 spiro atoms. The van der Waals surface area contributed by atoms with Crippen LogP contribution in [-0.2, 0) is 17.8 Å². The van der Waals surface area contributed by atoms with Gasteiger partial charge < -0.3 is 15.8 Å². The van der Waals surface area contributed by atoms with E-state index in [-0.39, 0.29) is 17.9 Å². The Bertz CT molecular complexity index is 1170. The van der Waals surface area contributed by atoms with E-state index in [9.17, 15) is 14.4 Å². The molecule has 30 heavy (non-hydrogen) atoms. The molecule has 3 rings (SSSR count). The number of hydrogen-bond acceptors (Lipinski definition) is 6. The Hall–Kier alpha value is -3.20. The highest BCUT2D eigenvalue weighted by atomic mass is 32.1. The summed E-state index contributed by atoms with van der Waals surface area (Å²) in [6.07, 6.45) is 1.21. The maximum Gasteiger partial charge on any atom is 0.266 e. The topological polar surface area (TPSA) is 116 Å². The number of methoxy groups -OCH3 is 1. The molecule has 0 unspecified atom stereocenters. The van der Waals surface area contributed by atoms with Gasteiger partial charge >= 0.3 is 0 Å². The third-order valence-electron chi connectivity index (χ3n) is 4.81. The Morgan fingerprint density at radius 2 is 2.03 bits per heavy atom. The van der Waals surface area contributed by atoms with Gasteiger partial charge in [0.15, 0.2) is 0 Å². The minimum absolute atomic E-state index is 0.197. The van der Waals surface area contributed by atoms with E-state index in [2.05, 4.69) is 10.3 Å². The molecule has 3 N–H and O–H groups in total. The zero-order valence-electron chi connectivity index (χ0n) is 17.2. The van der Waals surface area contributed by atoms with Crippen molar-refractivity contribution in [3.8, 4) is 5.75 Å². The molecule has 0 fully saturated rings. The van der Waals surface area contributed by atoms with Crippen LogP contribution >= 0.6 is 11.3 Å². The third kappa shape index (κ3) is 4.20. The number of amides is 2. The van der Waals surface area contributed by atoms with Gasteiger partial charge in [-0.3, -0.25) is 19.0 Å². The Morgan fingerprint density at radius 3 is 2.70 bits per heavy atom. The zero-order chi connectivity index (χ0) is 21.8. The molecular weight excluding hydrogens is 404 g/mol. The predicted octanol–water partition coefficient (Wildman–Crippen LogP) is 2.86. The van der Waals surface area contributed by atoms with Gasteiger partial charge in [0.2, 0.25) is 5.91 Å². The van der Waals surface area contributed by atoms with E-state index < -0.39 is 5.91 Å². The Kier molecular flexibility index (Phi) is 6.51. The predicted molar refractivity (Wildman–Crippen MR) is 117 cm³/mol. The van der Waals surface area contributed by atoms with Crippen LogP contribution in [0.1, 0.15) is 40.8 Å². The van der Waals surface area contributed by atoms with Crippen molar-refractivity contribution in [2.24, 2.45) is 5.73 Å². The lowest BCUT2D eigenvalue weighted by Crippen LogP contribution is -2.26. The number of nitrogens with zero attached hydrogens (tertiary/aromatic N) is 2. The van der Waals surface area contributed by atoms with Crippen LogP contribution in [0.4, 0.5) is 5.69 Å². The number of para-hydroxylation sites is 2. The second-order valence-corrected chi connectivity index (χ2v) is 7.80. The maximum absolute atomic E-state index is 13.2. The molecule has 2 aromatic heterocycles. The highest BCUT2D eigenvalue weighted by Crippen LogP contribution is 2.30. The summed E-state index contributed by atoms with van der Waals surface area (Å²) in [4.78, 5) is 42.7. The smallest absolute Gasteiger partial charge is 0.266 e. The Labute approximate surface area is 177 Å². The van der Waals surface area contributed by atoms with Crippen molar-refractivity contribution < 1.29 is 14.3 Å². The molecule has 0 bridgehead atoms. The zero-order valence-corrected chi connectivity index (χ0v) is 18.0. The number of anilines is 1. The standard InChI is InChI=1S/C21H24N4O4S/c1-4-16-24-20-17(21(28)25(16)11-7-10-15(22)26)12(2)18(30-20)19(27)23-13-8-5-6-9-14(13)29-3/h5-6,8-9H,4,7,10-11H2,1-3H3,(H2,22,26)(H,23,27). The summed E-state index contributed by atoms with van der Waals surface area (Å²) in [5.74, 6) is 0.442. The fraction of sp³-hybridized carbons (Fsp3) is 0.333. The number of thiophene rings is 1. The van der Waals surface area contributed by atoms with Gasteiger partial charge in [0.1, 0.15) is 16.4 Å². The van der Waals surface area contributed by atoms with Crippen LogP contribution in [-0.4, -0.2) is 28.5 Å². The van der Waals surface area contributed by atoms with Gasteiger partial charge in [-0.2, -0.15) is 0 Å². The number of ether oxygens (including phenoxy) is 1. The fourth-order valence-electron chi connectivity index (χ4n) is 3.31. The van der Waals surface area contributed by atoms with Gasteiger partial charge in [0.25, 0.3) is 11.5 Å². The summed E-state index contributed by atoms with van der Waals surface area (Å²) in [6.45, 7) is 4.01. The lowest BCUT2D eigenvalue weighted by atomic mass is 10.2. The number of primary amides is 1. The summed E-state index contributed by atoms with van der Waals surface area (Å²) >= 11 is 1.19. The van der Waals surface area contributed by atoms with E-state index in [1.807, 2.05) is 13.0 Å². The molecule has 1 aromatic carbocycles. The Balaban J connectivity index is 2.00. The van der Waals surface area contributed by atoms with E-state index in [0.29, 0.717) is 57.3 Å². The average Bonchev–Trinajstić information content (AvgIpc) is 3.06. The van der Waals surface area contributed by atoms with Crippen molar-refractivity contribution in [3.05, 3.63) is 50.9 Å². The number of aryl methyl sites for hydroxylation is 2. The number of rotatable bonds is 8. The monoisotopic (exact) mass is 428 g/mol. The molecule has 158 valence electrons. The number of nitrogens with one attached hydrogen (secondary N) is 1. The second-order valence-electron chi connectivity index (χ2n) is 6.80. The lowest BCUT2D eigenvalue weighted by Gasteiger charge is -2.10. The summed E-state index contributed by atoms with van der Waals surface area (Å²) in [7, 11) is 1.53. The molecule has 0 aliphatic rings. The van der Waals surface area contributed by atoms with Crippen molar-refractivity contribution in [2.75, 3.05) is 12.4 Å². The van der Waals surface area contributed by atoms with Crippen molar-refractivity contribution in [2.45, 2.75) is 39.7 Å². The first-order valence-electron chi connectivity index (χ1n) is 9.62. The van der Waals surface area contributed by atoms with E-state index in [1.54, 1.807) is 29.7 Å². The molecule has 8 nitrogen and oxygen atoms in total. The van der Waals surface area contributed by atoms with Crippen LogP contribution < -0.4 is 21.3 Å². The average molecular weight is 429 g/mol. The van der Waals surface area contributed by atoms with E-state index in [0.717, 1.165) is 0 Å². The molecule has 9 heteroatoms. The quantitative estimate of drug-likeness (QED) is 0.572. The maximum atomic E-state index is 13.2. The Morgan fingerprint density at radius 1 is 1.30 bits per heavy atom. The summed E-state index contributed by atoms with van der Waals surface area (Å²) in [5.41, 5.74) is 6.14. The molecule has 3 aromatic rings. The van der Waals surface area contributed by atoms with Crippen LogP contribution in [0.2, 0.25) is 0 Å². The number of nitrogens with two attached hydrogens (primary N) is 1. The normalized spacial score (nSPS) is 10.9. The molecular formula is C21H24N4O4S. The molecule has 0 saturated carbocycles. The first kappa shape index (κ1) is 21.5. The van der Waals surface area contributed by atoms with E-state index in [4.69, 9.17) is 10.5 Å². The molecule has 0 aliphatic heterocycles. The van der Waals surface area contributed by atoms with Crippen molar-refractivity contribution >= 4 is 39.1 Å². The van der Waals surface area contributed by atoms with Crippen LogP contribution in [0.3, 0.4) is 0 Å². The second kappa shape index (κ2) is 9.08. The molecule has 0 atom stereocenters. The number of benzene rings is 1. The first-order chi connectivity index (χ1) is 14.4. The molecule has 2 heterocycles. The number of hydrogen-bond donors (Lipinski definition) is 2. The summed E-state index contributed by atoms with van der Waals surface area (Å²) in [5, 5.41) is 3.28. The molecule has 2 amide bonds. The van der Waals surface area contributed by atoms with Gasteiger partial charge in [-0.25, -0.2) is 4.98 Å². The van der Waals surface area contributed by atoms with Gasteiger partial charge in [-0.1, -0.05) is 19.1 Å². The van der Waals surface area contributed by atoms with Crippen molar-refractivity contribution in [1.29, 1.82) is 0 Å². The minimum Gasteiger partial charge on any atom is -0.495 e. The summed E-state index contributed by atoms with van der Waals surface area (Å²) in [6, 6.07) is 7.12. The van der Waals surface area contributed by atoms with Crippen LogP contribution in [0, 0.1) is 6.92 Å². The van der Waals surface area contributed by atoms with Gasteiger partial charge in [-0.05, 0) is 31.0 Å². The molecule has 0 saturated heterocycles. The fourth-order valence-corrected chi connectivity index (χ4v) is 4.40. The largest absolute Gasteiger partial charge is 0.495 e. The van der Waals surface area contributed by atoms with E-state index >= 15 is 0 Å². The number of carbonyl (C=O) groups excluding carboxylic acids is 2. The van der Waals surface area contributed by atoms with Crippen molar-refractivity contribution in [1.82, 2.24) is 9.55 Å². The first-order valence-corrected chi connectivity index (χ1v) is 10.4. The SMILES string of the molecule is CCc1nc2sc(C(=O)Nc3ccccc3OC)c(C)c2c(=O)n1CCCC(N)=O. The summed E-state index contributed by atoms with van der Waals surface area (Å²) < 4.78 is 6.86. The number of fused-ring (bicyclic) bond motifs is 1. The molecule has 0 aliphatic carbocycles. The van der Waals surface area contributed by atoms with E-state index in [1.165, 1.54) is 18.4 Å². The van der Waals surface area contributed by atoms with Gasteiger partial charge in [0, 0.05) is 19.4 Å².